The molecule has 19 heavy (non-hydrogen) atoms. The van der Waals surface area contributed by atoms with Gasteiger partial charge in [0.15, 0.2) is 5.11 Å². The molecule has 0 saturated carbocycles. The predicted octanol–water partition coefficient (Wildman–Crippen LogP) is 2.56. The van der Waals surface area contributed by atoms with Crippen LogP contribution < -0.4 is 5.32 Å². The number of rotatable bonds is 7. The molecule has 0 aliphatic rings. The summed E-state index contributed by atoms with van der Waals surface area (Å²) in [6.45, 7) is 4.66. The summed E-state index contributed by atoms with van der Waals surface area (Å²) in [6, 6.07) is 6.74. The summed E-state index contributed by atoms with van der Waals surface area (Å²) in [7, 11) is 1.85. The molecule has 0 spiro atoms. The van der Waals surface area contributed by atoms with Crippen molar-refractivity contribution >= 4 is 17.3 Å². The summed E-state index contributed by atoms with van der Waals surface area (Å²) < 4.78 is 18.7. The molecule has 0 amide bonds. The highest BCUT2D eigenvalue weighted by Gasteiger charge is 2.07. The fourth-order valence-electron chi connectivity index (χ4n) is 1.60. The molecule has 0 fully saturated rings. The van der Waals surface area contributed by atoms with Gasteiger partial charge in [-0.1, -0.05) is 18.2 Å². The van der Waals surface area contributed by atoms with Gasteiger partial charge in [0.05, 0.1) is 0 Å². The highest BCUT2D eigenvalue weighted by Crippen LogP contribution is 2.08. The SMILES string of the molecule is CCOCCCNC(=S)N(C)Cc1ccccc1F. The molecule has 1 N–H and O–H groups in total. The lowest BCUT2D eigenvalue weighted by atomic mass is 10.2. The smallest absolute Gasteiger partial charge is 0.168 e. The lowest BCUT2D eigenvalue weighted by Gasteiger charge is -2.21. The summed E-state index contributed by atoms with van der Waals surface area (Å²) in [5.41, 5.74) is 0.642. The van der Waals surface area contributed by atoms with E-state index in [0.717, 1.165) is 26.2 Å². The van der Waals surface area contributed by atoms with Crippen LogP contribution in [0.1, 0.15) is 18.9 Å². The molecule has 0 aliphatic heterocycles. The second-order valence-corrected chi connectivity index (χ2v) is 4.62. The van der Waals surface area contributed by atoms with E-state index < -0.39 is 0 Å². The average Bonchev–Trinajstić information content (AvgIpc) is 2.41. The van der Waals surface area contributed by atoms with Crippen LogP contribution >= 0.6 is 12.2 Å². The zero-order chi connectivity index (χ0) is 14.1. The third kappa shape index (κ3) is 5.98. The van der Waals surface area contributed by atoms with Gasteiger partial charge in [0.25, 0.3) is 0 Å². The molecule has 0 atom stereocenters. The fourth-order valence-corrected chi connectivity index (χ4v) is 1.77. The van der Waals surface area contributed by atoms with E-state index in [1.54, 1.807) is 12.1 Å². The molecule has 5 heteroatoms. The standard InChI is InChI=1S/C14H21FN2OS/c1-3-18-10-6-9-16-14(19)17(2)11-12-7-4-5-8-13(12)15/h4-5,7-8H,3,6,9-11H2,1-2H3,(H,16,19). The number of benzene rings is 1. The van der Waals surface area contributed by atoms with Crippen molar-refractivity contribution < 1.29 is 9.13 Å². The molecule has 106 valence electrons. The Morgan fingerprint density at radius 3 is 2.84 bits per heavy atom. The van der Waals surface area contributed by atoms with Crippen LogP contribution in [0.2, 0.25) is 0 Å². The first-order valence-electron chi connectivity index (χ1n) is 6.45. The zero-order valence-corrected chi connectivity index (χ0v) is 12.3. The van der Waals surface area contributed by atoms with Crippen LogP contribution in [-0.4, -0.2) is 36.8 Å². The first-order valence-corrected chi connectivity index (χ1v) is 6.86. The van der Waals surface area contributed by atoms with Gasteiger partial charge in [0.2, 0.25) is 0 Å². The summed E-state index contributed by atoms with van der Waals surface area (Å²) in [4.78, 5) is 1.83. The quantitative estimate of drug-likeness (QED) is 0.614. The third-order valence-electron chi connectivity index (χ3n) is 2.66. The van der Waals surface area contributed by atoms with Gasteiger partial charge in [0.1, 0.15) is 5.82 Å². The van der Waals surface area contributed by atoms with Crippen LogP contribution in [-0.2, 0) is 11.3 Å². The lowest BCUT2D eigenvalue weighted by molar-refractivity contribution is 0.145. The van der Waals surface area contributed by atoms with Gasteiger partial charge >= 0.3 is 0 Å². The Morgan fingerprint density at radius 2 is 2.16 bits per heavy atom. The van der Waals surface area contributed by atoms with Crippen LogP contribution in [0.15, 0.2) is 24.3 Å². The Hall–Kier alpha value is -1.20. The van der Waals surface area contributed by atoms with Crippen LogP contribution in [0.4, 0.5) is 4.39 Å². The first kappa shape index (κ1) is 15.9. The average molecular weight is 284 g/mol. The lowest BCUT2D eigenvalue weighted by Crippen LogP contribution is -2.37. The molecule has 1 aromatic rings. The van der Waals surface area contributed by atoms with Crippen molar-refractivity contribution in [3.8, 4) is 0 Å². The molecule has 1 aromatic carbocycles. The molecular formula is C14H21FN2OS. The minimum Gasteiger partial charge on any atom is -0.382 e. The Kier molecular flexibility index (Phi) is 7.36. The molecule has 0 radical (unpaired) electrons. The molecule has 1 rings (SSSR count). The van der Waals surface area contributed by atoms with E-state index >= 15 is 0 Å². The van der Waals surface area contributed by atoms with E-state index in [-0.39, 0.29) is 5.82 Å². The number of halogens is 1. The van der Waals surface area contributed by atoms with Crippen molar-refractivity contribution in [2.45, 2.75) is 19.9 Å². The summed E-state index contributed by atoms with van der Waals surface area (Å²) in [5, 5.41) is 3.76. The Morgan fingerprint density at radius 1 is 1.42 bits per heavy atom. The Balaban J connectivity index is 2.31. The summed E-state index contributed by atoms with van der Waals surface area (Å²) >= 11 is 5.25. The van der Waals surface area contributed by atoms with Crippen molar-refractivity contribution in [3.05, 3.63) is 35.6 Å². The van der Waals surface area contributed by atoms with Crippen LogP contribution in [0.3, 0.4) is 0 Å². The van der Waals surface area contributed by atoms with E-state index in [9.17, 15) is 4.39 Å². The van der Waals surface area contributed by atoms with E-state index in [2.05, 4.69) is 5.32 Å². The van der Waals surface area contributed by atoms with E-state index in [1.165, 1.54) is 6.07 Å². The minimum absolute atomic E-state index is 0.200. The topological polar surface area (TPSA) is 24.5 Å². The third-order valence-corrected chi connectivity index (χ3v) is 3.11. The number of thiocarbonyl (C=S) groups is 1. The van der Waals surface area contributed by atoms with Crippen LogP contribution in [0, 0.1) is 5.82 Å². The first-order chi connectivity index (χ1) is 9.15. The normalized spacial score (nSPS) is 10.3. The molecule has 0 unspecified atom stereocenters. The molecule has 0 heterocycles. The van der Waals surface area contributed by atoms with Crippen molar-refractivity contribution in [2.24, 2.45) is 0 Å². The van der Waals surface area contributed by atoms with Gasteiger partial charge in [-0.2, -0.15) is 0 Å². The molecule has 0 saturated heterocycles. The van der Waals surface area contributed by atoms with Crippen molar-refractivity contribution in [1.29, 1.82) is 0 Å². The highest BCUT2D eigenvalue weighted by atomic mass is 32.1. The van der Waals surface area contributed by atoms with Crippen LogP contribution in [0.5, 0.6) is 0 Å². The van der Waals surface area contributed by atoms with Crippen molar-refractivity contribution in [3.63, 3.8) is 0 Å². The van der Waals surface area contributed by atoms with Gasteiger partial charge in [-0.3, -0.25) is 0 Å². The maximum Gasteiger partial charge on any atom is 0.168 e. The predicted molar refractivity (Wildman–Crippen MR) is 79.6 cm³/mol. The second kappa shape index (κ2) is 8.82. The van der Waals surface area contributed by atoms with Crippen molar-refractivity contribution in [1.82, 2.24) is 10.2 Å². The van der Waals surface area contributed by atoms with E-state index in [4.69, 9.17) is 17.0 Å². The Bertz CT molecular complexity index is 401. The van der Waals surface area contributed by atoms with Gasteiger partial charge < -0.3 is 15.0 Å². The van der Waals surface area contributed by atoms with E-state index in [1.807, 2.05) is 24.9 Å². The summed E-state index contributed by atoms with van der Waals surface area (Å²) in [5.74, 6) is -0.200. The van der Waals surface area contributed by atoms with Gasteiger partial charge in [0, 0.05) is 38.9 Å². The number of nitrogens with one attached hydrogen (secondary N) is 1. The van der Waals surface area contributed by atoms with Gasteiger partial charge in [-0.15, -0.1) is 0 Å². The number of ether oxygens (including phenoxy) is 1. The van der Waals surface area contributed by atoms with Crippen LogP contribution in [0.25, 0.3) is 0 Å². The maximum atomic E-state index is 13.5. The fraction of sp³-hybridized carbons (Fsp3) is 0.500. The molecule has 0 bridgehead atoms. The second-order valence-electron chi connectivity index (χ2n) is 4.23. The number of hydrogen-bond donors (Lipinski definition) is 1. The number of nitrogens with zero attached hydrogens (tertiary/aromatic N) is 1. The molecular weight excluding hydrogens is 263 g/mol. The zero-order valence-electron chi connectivity index (χ0n) is 11.5. The molecule has 3 nitrogen and oxygen atoms in total. The minimum atomic E-state index is -0.200. The van der Waals surface area contributed by atoms with E-state index in [0.29, 0.717) is 17.2 Å². The van der Waals surface area contributed by atoms with Gasteiger partial charge in [-0.25, -0.2) is 4.39 Å². The van der Waals surface area contributed by atoms with Gasteiger partial charge in [-0.05, 0) is 31.6 Å². The molecule has 0 aromatic heterocycles. The van der Waals surface area contributed by atoms with Crippen molar-refractivity contribution in [2.75, 3.05) is 26.8 Å². The highest BCUT2D eigenvalue weighted by molar-refractivity contribution is 7.80. The monoisotopic (exact) mass is 284 g/mol. The maximum absolute atomic E-state index is 13.5. The number of hydrogen-bond acceptors (Lipinski definition) is 2. The Labute approximate surface area is 119 Å². The summed E-state index contributed by atoms with van der Waals surface area (Å²) in [6.07, 6.45) is 0.904. The largest absolute Gasteiger partial charge is 0.382 e. The molecule has 0 aliphatic carbocycles.